The lowest BCUT2D eigenvalue weighted by Gasteiger charge is -2.02. The van der Waals surface area contributed by atoms with Crippen LogP contribution in [0.5, 0.6) is 0 Å². The summed E-state index contributed by atoms with van der Waals surface area (Å²) in [6, 6.07) is 6.78. The van der Waals surface area contributed by atoms with Gasteiger partial charge >= 0.3 is 12.1 Å². The zero-order chi connectivity index (χ0) is 19.0. The van der Waals surface area contributed by atoms with Crippen molar-refractivity contribution in [3.63, 3.8) is 0 Å². The SMILES string of the molecule is O=C(NC1CC1)c1ncn(Cc2ccc(-c3noc(C(F)(F)F)n3)cc2)n1. The van der Waals surface area contributed by atoms with E-state index < -0.39 is 12.1 Å². The predicted molar refractivity (Wildman–Crippen MR) is 84.3 cm³/mol. The Bertz CT molecular complexity index is 959. The van der Waals surface area contributed by atoms with Crippen molar-refractivity contribution in [2.24, 2.45) is 0 Å². The molecule has 1 N–H and O–H groups in total. The summed E-state index contributed by atoms with van der Waals surface area (Å²) in [6.45, 7) is 0.351. The molecule has 4 rings (SSSR count). The van der Waals surface area contributed by atoms with Crippen LogP contribution in [-0.2, 0) is 12.7 Å². The average Bonchev–Trinajstić information content (AvgIpc) is 3.12. The molecule has 1 fully saturated rings. The Morgan fingerprint density at radius 3 is 2.63 bits per heavy atom. The minimum absolute atomic E-state index is 0.102. The molecule has 2 heterocycles. The zero-order valence-corrected chi connectivity index (χ0v) is 13.8. The van der Waals surface area contributed by atoms with Crippen LogP contribution in [0.3, 0.4) is 0 Å². The standard InChI is InChI=1S/C16H13F3N6O2/c17-16(18,19)15-22-12(24-27-15)10-3-1-9(2-4-10)7-25-8-20-13(23-25)14(26)21-11-5-6-11/h1-4,8,11H,5-7H2,(H,21,26). The largest absolute Gasteiger partial charge is 0.471 e. The van der Waals surface area contributed by atoms with Crippen molar-refractivity contribution in [1.29, 1.82) is 0 Å². The smallest absolute Gasteiger partial charge is 0.347 e. The molecular weight excluding hydrogens is 365 g/mol. The van der Waals surface area contributed by atoms with Crippen LogP contribution < -0.4 is 5.32 Å². The van der Waals surface area contributed by atoms with Crippen LogP contribution in [0, 0.1) is 0 Å². The first kappa shape index (κ1) is 17.2. The van der Waals surface area contributed by atoms with Crippen LogP contribution in [0.4, 0.5) is 13.2 Å². The maximum absolute atomic E-state index is 12.5. The second-order valence-corrected chi connectivity index (χ2v) is 6.13. The lowest BCUT2D eigenvalue weighted by Crippen LogP contribution is -2.26. The van der Waals surface area contributed by atoms with Crippen molar-refractivity contribution < 1.29 is 22.5 Å². The van der Waals surface area contributed by atoms with Crippen molar-refractivity contribution in [3.8, 4) is 11.4 Å². The van der Waals surface area contributed by atoms with Crippen molar-refractivity contribution in [2.45, 2.75) is 31.6 Å². The molecule has 0 spiro atoms. The summed E-state index contributed by atoms with van der Waals surface area (Å²) in [4.78, 5) is 19.2. The lowest BCUT2D eigenvalue weighted by molar-refractivity contribution is -0.159. The Kier molecular flexibility index (Phi) is 4.13. The van der Waals surface area contributed by atoms with Crippen LogP contribution in [-0.4, -0.2) is 36.9 Å². The number of rotatable bonds is 5. The third-order valence-electron chi connectivity index (χ3n) is 3.88. The van der Waals surface area contributed by atoms with Crippen molar-refractivity contribution in [1.82, 2.24) is 30.2 Å². The Balaban J connectivity index is 1.43. The molecule has 3 aromatic rings. The van der Waals surface area contributed by atoms with Gasteiger partial charge in [-0.2, -0.15) is 18.2 Å². The third-order valence-corrected chi connectivity index (χ3v) is 3.88. The number of nitrogens with one attached hydrogen (secondary N) is 1. The van der Waals surface area contributed by atoms with E-state index in [9.17, 15) is 18.0 Å². The molecule has 0 saturated heterocycles. The number of hydrogen-bond donors (Lipinski definition) is 1. The van der Waals surface area contributed by atoms with Gasteiger partial charge in [0, 0.05) is 11.6 Å². The Morgan fingerprint density at radius 1 is 1.26 bits per heavy atom. The van der Waals surface area contributed by atoms with E-state index in [2.05, 4.69) is 30.1 Å². The maximum Gasteiger partial charge on any atom is 0.471 e. The average molecular weight is 378 g/mol. The first-order valence-corrected chi connectivity index (χ1v) is 8.09. The molecule has 27 heavy (non-hydrogen) atoms. The van der Waals surface area contributed by atoms with Crippen LogP contribution in [0.25, 0.3) is 11.4 Å². The molecule has 0 atom stereocenters. The van der Waals surface area contributed by atoms with E-state index in [1.165, 1.54) is 11.0 Å². The number of amides is 1. The first-order valence-electron chi connectivity index (χ1n) is 8.09. The summed E-state index contributed by atoms with van der Waals surface area (Å²) in [5.41, 5.74) is 1.21. The molecule has 1 aliphatic rings. The highest BCUT2D eigenvalue weighted by Crippen LogP contribution is 2.29. The molecule has 0 bridgehead atoms. The van der Waals surface area contributed by atoms with Gasteiger partial charge < -0.3 is 9.84 Å². The van der Waals surface area contributed by atoms with Gasteiger partial charge in [-0.3, -0.25) is 4.79 Å². The molecule has 0 radical (unpaired) electrons. The minimum atomic E-state index is -4.68. The highest BCUT2D eigenvalue weighted by molar-refractivity contribution is 5.90. The van der Waals surface area contributed by atoms with Gasteiger partial charge in [0.1, 0.15) is 6.33 Å². The van der Waals surface area contributed by atoms with Gasteiger partial charge in [-0.25, -0.2) is 9.67 Å². The van der Waals surface area contributed by atoms with Crippen LogP contribution in [0.2, 0.25) is 0 Å². The molecule has 11 heteroatoms. The molecular formula is C16H13F3N6O2. The van der Waals surface area contributed by atoms with Gasteiger partial charge in [0.05, 0.1) is 6.54 Å². The van der Waals surface area contributed by atoms with Crippen LogP contribution >= 0.6 is 0 Å². The van der Waals surface area contributed by atoms with E-state index in [4.69, 9.17) is 0 Å². The molecule has 8 nitrogen and oxygen atoms in total. The number of alkyl halides is 3. The lowest BCUT2D eigenvalue weighted by atomic mass is 10.1. The quantitative estimate of drug-likeness (QED) is 0.731. The molecule has 0 unspecified atom stereocenters. The second kappa shape index (κ2) is 6.49. The Hall–Kier alpha value is -3.24. The number of carbonyl (C=O) groups is 1. The minimum Gasteiger partial charge on any atom is -0.347 e. The van der Waals surface area contributed by atoms with Crippen LogP contribution in [0.15, 0.2) is 35.1 Å². The highest BCUT2D eigenvalue weighted by Gasteiger charge is 2.38. The Morgan fingerprint density at radius 2 is 2.00 bits per heavy atom. The van der Waals surface area contributed by atoms with E-state index in [-0.39, 0.29) is 23.6 Å². The summed E-state index contributed by atoms with van der Waals surface area (Å²) in [7, 11) is 0. The van der Waals surface area contributed by atoms with E-state index in [1.54, 1.807) is 24.3 Å². The predicted octanol–water partition coefficient (Wildman–Crippen LogP) is 2.29. The number of carbonyl (C=O) groups excluding carboxylic acids is 1. The molecule has 1 saturated carbocycles. The Labute approximate surface area is 150 Å². The van der Waals surface area contributed by atoms with E-state index in [1.807, 2.05) is 0 Å². The number of benzene rings is 1. The number of nitrogens with zero attached hydrogens (tertiary/aromatic N) is 5. The number of aromatic nitrogens is 5. The molecule has 1 aromatic carbocycles. The van der Waals surface area contributed by atoms with Crippen molar-refractivity contribution in [2.75, 3.05) is 0 Å². The van der Waals surface area contributed by atoms with Crippen molar-refractivity contribution >= 4 is 5.91 Å². The highest BCUT2D eigenvalue weighted by atomic mass is 19.4. The molecule has 1 amide bonds. The van der Waals surface area contributed by atoms with Gasteiger partial charge in [-0.05, 0) is 18.4 Å². The second-order valence-electron chi connectivity index (χ2n) is 6.13. The number of hydrogen-bond acceptors (Lipinski definition) is 6. The summed E-state index contributed by atoms with van der Waals surface area (Å²) in [6.07, 6.45) is -1.28. The zero-order valence-electron chi connectivity index (χ0n) is 13.8. The van der Waals surface area contributed by atoms with Gasteiger partial charge in [0.2, 0.25) is 11.6 Å². The fourth-order valence-corrected chi connectivity index (χ4v) is 2.35. The number of halogens is 3. The van der Waals surface area contributed by atoms with Gasteiger partial charge in [0.25, 0.3) is 5.91 Å². The fourth-order valence-electron chi connectivity index (χ4n) is 2.35. The summed E-state index contributed by atoms with van der Waals surface area (Å²) < 4.78 is 43.3. The molecule has 1 aliphatic carbocycles. The van der Waals surface area contributed by atoms with Gasteiger partial charge in [-0.15, -0.1) is 5.10 Å². The van der Waals surface area contributed by atoms with E-state index in [0.29, 0.717) is 12.1 Å². The van der Waals surface area contributed by atoms with Gasteiger partial charge in [-0.1, -0.05) is 29.4 Å². The normalized spacial score (nSPS) is 14.3. The van der Waals surface area contributed by atoms with E-state index >= 15 is 0 Å². The third kappa shape index (κ3) is 3.96. The monoisotopic (exact) mass is 378 g/mol. The molecule has 2 aromatic heterocycles. The summed E-state index contributed by atoms with van der Waals surface area (Å²) in [5.74, 6) is -1.73. The molecule has 140 valence electrons. The molecule has 0 aliphatic heterocycles. The summed E-state index contributed by atoms with van der Waals surface area (Å²) >= 11 is 0. The van der Waals surface area contributed by atoms with Crippen molar-refractivity contribution in [3.05, 3.63) is 47.9 Å². The topological polar surface area (TPSA) is 98.7 Å². The maximum atomic E-state index is 12.5. The van der Waals surface area contributed by atoms with Gasteiger partial charge in [0.15, 0.2) is 0 Å². The van der Waals surface area contributed by atoms with E-state index in [0.717, 1.165) is 18.4 Å². The fraction of sp³-hybridized carbons (Fsp3) is 0.312. The summed E-state index contributed by atoms with van der Waals surface area (Å²) in [5, 5.41) is 10.3. The first-order chi connectivity index (χ1) is 12.9. The van der Waals surface area contributed by atoms with Crippen LogP contribution in [0.1, 0.15) is 34.9 Å².